The zero-order valence-corrected chi connectivity index (χ0v) is 28.1. The molecule has 0 unspecified atom stereocenters. The van der Waals surface area contributed by atoms with Crippen LogP contribution in [0.3, 0.4) is 0 Å². The first kappa shape index (κ1) is 28.9. The molecule has 50 heavy (non-hydrogen) atoms. The van der Waals surface area contributed by atoms with Crippen molar-refractivity contribution in [2.24, 2.45) is 0 Å². The first-order chi connectivity index (χ1) is 24.8. The third kappa shape index (κ3) is 4.57. The van der Waals surface area contributed by atoms with E-state index < -0.39 is 0 Å². The van der Waals surface area contributed by atoms with Gasteiger partial charge in [-0.1, -0.05) is 157 Å². The molecule has 9 aromatic rings. The highest BCUT2D eigenvalue weighted by atomic mass is 32.2. The lowest BCUT2D eigenvalue weighted by molar-refractivity contribution is 1.17. The molecular weight excluding hydrogens is 623 g/mol. The largest absolute Gasteiger partial charge is 0.308 e. The Kier molecular flexibility index (Phi) is 6.82. The van der Waals surface area contributed by atoms with Crippen LogP contribution in [0.1, 0.15) is 0 Å². The lowest BCUT2D eigenvalue weighted by atomic mass is 9.81. The highest BCUT2D eigenvalue weighted by Gasteiger charge is 2.26. The summed E-state index contributed by atoms with van der Waals surface area (Å²) in [7, 11) is 0. The van der Waals surface area contributed by atoms with Crippen LogP contribution in [-0.2, 0) is 0 Å². The topological polar surface area (TPSA) is 3.24 Å². The summed E-state index contributed by atoms with van der Waals surface area (Å²) in [5.41, 5.74) is 11.0. The molecule has 0 saturated carbocycles. The molecule has 0 radical (unpaired) electrons. The Labute approximate surface area is 296 Å². The Balaban J connectivity index is 1.38. The van der Waals surface area contributed by atoms with Gasteiger partial charge in [-0.3, -0.25) is 0 Å². The molecule has 0 saturated heterocycles. The lowest BCUT2D eigenvalue weighted by Crippen LogP contribution is -2.14. The molecule has 234 valence electrons. The van der Waals surface area contributed by atoms with Crippen LogP contribution in [0.15, 0.2) is 198 Å². The first-order valence-corrected chi connectivity index (χ1v) is 17.9. The molecule has 0 N–H and O–H groups in total. The number of hydrogen-bond acceptors (Lipinski definition) is 2. The number of para-hydroxylation sites is 2. The normalized spacial score (nSPS) is 12.3. The minimum absolute atomic E-state index is 1.16. The van der Waals surface area contributed by atoms with Crippen molar-refractivity contribution >= 4 is 61.1 Å². The van der Waals surface area contributed by atoms with E-state index in [-0.39, 0.29) is 0 Å². The van der Waals surface area contributed by atoms with Crippen LogP contribution in [0.5, 0.6) is 0 Å². The molecule has 2 heteroatoms. The van der Waals surface area contributed by atoms with E-state index in [1.807, 2.05) is 11.8 Å². The fourth-order valence-corrected chi connectivity index (χ4v) is 8.92. The van der Waals surface area contributed by atoms with E-state index >= 15 is 0 Å². The molecule has 0 aromatic heterocycles. The van der Waals surface area contributed by atoms with Gasteiger partial charge in [0.2, 0.25) is 0 Å². The van der Waals surface area contributed by atoms with Crippen LogP contribution in [-0.4, -0.2) is 0 Å². The molecule has 1 heterocycles. The summed E-state index contributed by atoms with van der Waals surface area (Å²) in [6.07, 6.45) is 0. The Morgan fingerprint density at radius 2 is 0.840 bits per heavy atom. The van der Waals surface area contributed by atoms with Gasteiger partial charge >= 0.3 is 0 Å². The van der Waals surface area contributed by atoms with Gasteiger partial charge in [0.15, 0.2) is 0 Å². The minimum atomic E-state index is 1.16. The van der Waals surface area contributed by atoms with E-state index in [1.54, 1.807) is 0 Å². The molecule has 9 aromatic carbocycles. The maximum Gasteiger partial charge on any atom is 0.0601 e. The quantitative estimate of drug-likeness (QED) is 0.174. The smallest absolute Gasteiger partial charge is 0.0601 e. The fraction of sp³-hybridized carbons (Fsp3) is 0. The Morgan fingerprint density at radius 3 is 1.48 bits per heavy atom. The van der Waals surface area contributed by atoms with Gasteiger partial charge in [-0.2, -0.15) is 0 Å². The predicted molar refractivity (Wildman–Crippen MR) is 214 cm³/mol. The summed E-state index contributed by atoms with van der Waals surface area (Å²) in [5, 5.41) is 7.60. The third-order valence-electron chi connectivity index (χ3n) is 10.0. The average molecular weight is 654 g/mol. The van der Waals surface area contributed by atoms with Crippen molar-refractivity contribution in [1.82, 2.24) is 0 Å². The average Bonchev–Trinajstić information content (AvgIpc) is 3.20. The molecule has 10 rings (SSSR count). The van der Waals surface area contributed by atoms with Crippen molar-refractivity contribution in [1.29, 1.82) is 0 Å². The van der Waals surface area contributed by atoms with Crippen molar-refractivity contribution in [3.05, 3.63) is 188 Å². The monoisotopic (exact) mass is 653 g/mol. The van der Waals surface area contributed by atoms with E-state index in [9.17, 15) is 0 Å². The molecule has 1 nitrogen and oxygen atoms in total. The molecule has 0 fully saturated rings. The van der Waals surface area contributed by atoms with Crippen molar-refractivity contribution in [3.8, 4) is 33.4 Å². The van der Waals surface area contributed by atoms with Gasteiger partial charge < -0.3 is 4.90 Å². The Hall–Kier alpha value is -6.09. The molecule has 0 amide bonds. The van der Waals surface area contributed by atoms with E-state index in [2.05, 4.69) is 193 Å². The van der Waals surface area contributed by atoms with Crippen molar-refractivity contribution in [3.63, 3.8) is 0 Å². The van der Waals surface area contributed by atoms with E-state index in [0.717, 1.165) is 5.69 Å². The van der Waals surface area contributed by atoms with Gasteiger partial charge in [0.05, 0.1) is 11.4 Å². The van der Waals surface area contributed by atoms with Crippen LogP contribution in [0, 0.1) is 0 Å². The van der Waals surface area contributed by atoms with Crippen LogP contribution < -0.4 is 4.90 Å². The highest BCUT2D eigenvalue weighted by molar-refractivity contribution is 7.99. The van der Waals surface area contributed by atoms with Crippen LogP contribution in [0.4, 0.5) is 17.1 Å². The molecule has 0 aliphatic carbocycles. The molecule has 0 atom stereocenters. The van der Waals surface area contributed by atoms with Gasteiger partial charge in [-0.25, -0.2) is 0 Å². The Morgan fingerprint density at radius 1 is 0.340 bits per heavy atom. The summed E-state index contributed by atoms with van der Waals surface area (Å²) in [5.74, 6) is 0. The fourth-order valence-electron chi connectivity index (χ4n) is 7.86. The third-order valence-corrected chi connectivity index (χ3v) is 11.1. The van der Waals surface area contributed by atoms with Crippen LogP contribution in [0.25, 0.3) is 65.7 Å². The van der Waals surface area contributed by atoms with E-state index in [1.165, 1.54) is 86.9 Å². The number of anilines is 3. The predicted octanol–water partition coefficient (Wildman–Crippen LogP) is 14.1. The molecule has 1 aliphatic rings. The first-order valence-electron chi connectivity index (χ1n) is 17.1. The molecular formula is C48H31NS. The van der Waals surface area contributed by atoms with Crippen LogP contribution >= 0.6 is 11.8 Å². The van der Waals surface area contributed by atoms with Gasteiger partial charge in [0, 0.05) is 15.5 Å². The maximum absolute atomic E-state index is 2.44. The molecule has 0 spiro atoms. The van der Waals surface area contributed by atoms with Crippen molar-refractivity contribution < 1.29 is 0 Å². The second kappa shape index (κ2) is 11.8. The van der Waals surface area contributed by atoms with Gasteiger partial charge in [0.1, 0.15) is 0 Å². The zero-order chi connectivity index (χ0) is 33.0. The summed E-state index contributed by atoms with van der Waals surface area (Å²) >= 11 is 1.85. The van der Waals surface area contributed by atoms with Gasteiger partial charge in [0.25, 0.3) is 0 Å². The van der Waals surface area contributed by atoms with E-state index in [4.69, 9.17) is 0 Å². The van der Waals surface area contributed by atoms with Gasteiger partial charge in [-0.05, 0) is 108 Å². The minimum Gasteiger partial charge on any atom is -0.308 e. The van der Waals surface area contributed by atoms with Crippen molar-refractivity contribution in [2.75, 3.05) is 4.90 Å². The van der Waals surface area contributed by atoms with Crippen LogP contribution in [0.2, 0.25) is 0 Å². The summed E-state index contributed by atoms with van der Waals surface area (Å²) in [4.78, 5) is 4.97. The lowest BCUT2D eigenvalue weighted by Gasteiger charge is -2.33. The maximum atomic E-state index is 2.44. The highest BCUT2D eigenvalue weighted by Crippen LogP contribution is 2.53. The molecule has 0 bridgehead atoms. The van der Waals surface area contributed by atoms with Gasteiger partial charge in [-0.15, -0.1) is 0 Å². The number of benzene rings is 9. The standard InChI is InChI=1S/C48H31NS/c1-4-16-32(17-5-1)39-31-40(33-18-6-2-7-19-33)47-37-23-11-10-22-36(37)41-30-35(28-29-38(41)48(47)46(39)34-20-8-3-9-21-34)49-42-24-12-14-26-44(42)50-45-27-15-13-25-43(45)49/h1-31H. The van der Waals surface area contributed by atoms with E-state index in [0.29, 0.717) is 0 Å². The SMILES string of the molecule is c1ccc(-c2cc(-c3ccccc3)c3c4ccccc4c4cc(N5c6ccccc6Sc6ccccc65)ccc4c3c2-c2ccccc2)cc1. The summed E-state index contributed by atoms with van der Waals surface area (Å²) in [6.45, 7) is 0. The number of nitrogens with zero attached hydrogens (tertiary/aromatic N) is 1. The molecule has 1 aliphatic heterocycles. The second-order valence-electron chi connectivity index (χ2n) is 12.8. The second-order valence-corrected chi connectivity index (χ2v) is 13.9. The summed E-state index contributed by atoms with van der Waals surface area (Å²) in [6, 6.07) is 68.8. The number of fused-ring (bicyclic) bond motifs is 8. The van der Waals surface area contributed by atoms with Crippen molar-refractivity contribution in [2.45, 2.75) is 9.79 Å². The zero-order valence-electron chi connectivity index (χ0n) is 27.3. The number of hydrogen-bond donors (Lipinski definition) is 0. The Bertz CT molecular complexity index is 2670. The number of rotatable bonds is 4. The summed E-state index contributed by atoms with van der Waals surface area (Å²) < 4.78 is 0.